The third kappa shape index (κ3) is 6.02. The van der Waals surface area contributed by atoms with Crippen molar-refractivity contribution in [2.45, 2.75) is 50.9 Å². The molecule has 1 aliphatic carbocycles. The molecule has 0 bridgehead atoms. The van der Waals surface area contributed by atoms with E-state index in [-0.39, 0.29) is 17.9 Å². The van der Waals surface area contributed by atoms with E-state index >= 15 is 0 Å². The summed E-state index contributed by atoms with van der Waals surface area (Å²) in [5.41, 5.74) is 3.72. The average molecular weight is 505 g/mol. The number of urea groups is 1. The maximum atomic E-state index is 12.7. The maximum Gasteiger partial charge on any atom is 0.317 e. The Labute approximate surface area is 215 Å². The third-order valence-electron chi connectivity index (χ3n) is 6.90. The molecule has 3 aromatic rings. The van der Waals surface area contributed by atoms with Gasteiger partial charge in [-0.2, -0.15) is 5.10 Å². The lowest BCUT2D eigenvalue weighted by atomic mass is 9.97. The predicted octanol–water partition coefficient (Wildman–Crippen LogP) is 5.57. The summed E-state index contributed by atoms with van der Waals surface area (Å²) in [7, 11) is 0. The Morgan fingerprint density at radius 2 is 1.97 bits per heavy atom. The number of hydrogen-bond donors (Lipinski definition) is 3. The highest BCUT2D eigenvalue weighted by atomic mass is 32.1. The lowest BCUT2D eigenvalue weighted by Crippen LogP contribution is -2.44. The van der Waals surface area contributed by atoms with Gasteiger partial charge in [-0.15, -0.1) is 11.3 Å². The summed E-state index contributed by atoms with van der Waals surface area (Å²) in [6, 6.07) is 11.7. The van der Waals surface area contributed by atoms with Crippen LogP contribution in [-0.2, 0) is 0 Å². The first-order chi connectivity index (χ1) is 17.7. The van der Waals surface area contributed by atoms with Gasteiger partial charge in [-0.25, -0.2) is 9.78 Å². The quantitative estimate of drug-likeness (QED) is 0.366. The van der Waals surface area contributed by atoms with Crippen molar-refractivity contribution < 1.29 is 9.59 Å². The number of benzene rings is 1. The lowest BCUT2D eigenvalue weighted by Gasteiger charge is -2.31. The standard InChI is InChI=1S/C27H32N6O2S/c34-25(30-24-17-22(31-32-24)20-9-5-2-6-10-20)23-18-36-26(29-23)21-12-15-33(16-13-21)27(35)28-14-11-19-7-3-1-4-8-19/h2,5-7,9-10,17-18,21H,1,3-4,8,11-16H2,(H,28,35)(H2,30,31,32,34). The minimum absolute atomic E-state index is 0.0259. The zero-order valence-corrected chi connectivity index (χ0v) is 21.2. The van der Waals surface area contributed by atoms with Crippen molar-refractivity contribution in [2.75, 3.05) is 25.0 Å². The second-order valence-corrected chi connectivity index (χ2v) is 10.3. The number of aromatic nitrogens is 3. The second kappa shape index (κ2) is 11.5. The summed E-state index contributed by atoms with van der Waals surface area (Å²) >= 11 is 1.51. The SMILES string of the molecule is O=C(Nc1cc(-c2ccccc2)[nH]n1)c1csc(C2CCN(C(=O)NCCC3=CCCCC3)CC2)n1. The molecule has 0 atom stereocenters. The molecule has 36 heavy (non-hydrogen) atoms. The van der Waals surface area contributed by atoms with Crippen molar-refractivity contribution in [3.8, 4) is 11.3 Å². The van der Waals surface area contributed by atoms with Crippen molar-refractivity contribution >= 4 is 29.1 Å². The van der Waals surface area contributed by atoms with Gasteiger partial charge in [0.1, 0.15) is 5.69 Å². The van der Waals surface area contributed by atoms with Crippen LogP contribution in [0, 0.1) is 0 Å². The van der Waals surface area contributed by atoms with E-state index in [1.165, 1.54) is 42.6 Å². The van der Waals surface area contributed by atoms with Crippen LogP contribution in [0.2, 0.25) is 0 Å². The van der Waals surface area contributed by atoms with E-state index < -0.39 is 0 Å². The van der Waals surface area contributed by atoms with Crippen molar-refractivity contribution in [3.63, 3.8) is 0 Å². The highest BCUT2D eigenvalue weighted by Crippen LogP contribution is 2.30. The molecule has 3 heterocycles. The summed E-state index contributed by atoms with van der Waals surface area (Å²) < 4.78 is 0. The Morgan fingerprint density at radius 3 is 2.75 bits per heavy atom. The summed E-state index contributed by atoms with van der Waals surface area (Å²) in [6.45, 7) is 2.12. The van der Waals surface area contributed by atoms with E-state index in [0.29, 0.717) is 31.1 Å². The van der Waals surface area contributed by atoms with E-state index in [9.17, 15) is 9.59 Å². The van der Waals surface area contributed by atoms with Crippen LogP contribution in [0.5, 0.6) is 0 Å². The van der Waals surface area contributed by atoms with Gasteiger partial charge in [-0.1, -0.05) is 42.0 Å². The molecule has 1 aliphatic heterocycles. The lowest BCUT2D eigenvalue weighted by molar-refractivity contribution is 0.102. The van der Waals surface area contributed by atoms with Gasteiger partial charge >= 0.3 is 6.03 Å². The first-order valence-electron chi connectivity index (χ1n) is 12.7. The van der Waals surface area contributed by atoms with Crippen molar-refractivity contribution in [1.29, 1.82) is 0 Å². The molecular weight excluding hydrogens is 472 g/mol. The molecule has 1 fully saturated rings. The van der Waals surface area contributed by atoms with Crippen LogP contribution in [0.25, 0.3) is 11.3 Å². The molecule has 2 aliphatic rings. The highest BCUT2D eigenvalue weighted by molar-refractivity contribution is 7.10. The second-order valence-electron chi connectivity index (χ2n) is 9.41. The molecule has 2 aromatic heterocycles. The van der Waals surface area contributed by atoms with Gasteiger partial charge in [0.2, 0.25) is 0 Å². The summed E-state index contributed by atoms with van der Waals surface area (Å²) in [6.07, 6.45) is 9.90. The van der Waals surface area contributed by atoms with Crippen LogP contribution in [0.1, 0.15) is 66.4 Å². The number of piperidine rings is 1. The van der Waals surface area contributed by atoms with E-state index in [0.717, 1.165) is 35.5 Å². The van der Waals surface area contributed by atoms with E-state index in [4.69, 9.17) is 0 Å². The van der Waals surface area contributed by atoms with Gasteiger partial charge in [0, 0.05) is 37.0 Å². The number of thiazole rings is 1. The number of nitrogens with one attached hydrogen (secondary N) is 3. The topological polar surface area (TPSA) is 103 Å². The fraction of sp³-hybridized carbons (Fsp3) is 0.407. The number of H-pyrrole nitrogens is 1. The number of likely N-dealkylation sites (tertiary alicyclic amines) is 1. The molecule has 3 N–H and O–H groups in total. The Balaban J connectivity index is 1.08. The number of aromatic amines is 1. The van der Waals surface area contributed by atoms with Gasteiger partial charge in [0.25, 0.3) is 5.91 Å². The Hall–Kier alpha value is -3.46. The number of nitrogens with zero attached hydrogens (tertiary/aromatic N) is 3. The summed E-state index contributed by atoms with van der Waals surface area (Å²) in [5, 5.41) is 15.8. The third-order valence-corrected chi connectivity index (χ3v) is 7.90. The van der Waals surface area contributed by atoms with Gasteiger partial charge in [-0.05, 0) is 50.5 Å². The van der Waals surface area contributed by atoms with Crippen LogP contribution < -0.4 is 10.6 Å². The zero-order chi connectivity index (χ0) is 24.7. The molecule has 0 radical (unpaired) electrons. The van der Waals surface area contributed by atoms with Crippen LogP contribution in [-0.4, -0.2) is 51.7 Å². The van der Waals surface area contributed by atoms with Crippen LogP contribution in [0.4, 0.5) is 10.6 Å². The van der Waals surface area contributed by atoms with Crippen LogP contribution in [0.3, 0.4) is 0 Å². The number of hydrogen-bond acceptors (Lipinski definition) is 5. The van der Waals surface area contributed by atoms with Gasteiger partial charge < -0.3 is 15.5 Å². The van der Waals surface area contributed by atoms with Gasteiger partial charge in [0.15, 0.2) is 5.82 Å². The molecule has 0 spiro atoms. The molecule has 0 unspecified atom stereocenters. The minimum Gasteiger partial charge on any atom is -0.338 e. The normalized spacial score (nSPS) is 16.4. The van der Waals surface area contributed by atoms with Crippen LogP contribution in [0.15, 0.2) is 53.4 Å². The Kier molecular flexibility index (Phi) is 7.76. The van der Waals surface area contributed by atoms with Crippen LogP contribution >= 0.6 is 11.3 Å². The van der Waals surface area contributed by atoms with Crippen molar-refractivity contribution in [2.24, 2.45) is 0 Å². The molecule has 1 saturated heterocycles. The molecule has 188 valence electrons. The van der Waals surface area contributed by atoms with Crippen molar-refractivity contribution in [1.82, 2.24) is 25.4 Å². The molecule has 9 heteroatoms. The van der Waals surface area contributed by atoms with E-state index in [2.05, 4.69) is 31.9 Å². The number of carbonyl (C=O) groups excluding carboxylic acids is 2. The number of carbonyl (C=O) groups is 2. The van der Waals surface area contributed by atoms with E-state index in [1.54, 1.807) is 5.38 Å². The fourth-order valence-corrected chi connectivity index (χ4v) is 5.79. The van der Waals surface area contributed by atoms with Gasteiger partial charge in [-0.3, -0.25) is 9.89 Å². The summed E-state index contributed by atoms with van der Waals surface area (Å²) in [4.78, 5) is 31.8. The van der Waals surface area contributed by atoms with Crippen molar-refractivity contribution in [3.05, 3.63) is 64.1 Å². The smallest absolute Gasteiger partial charge is 0.317 e. The molecule has 3 amide bonds. The molecule has 1 aromatic carbocycles. The largest absolute Gasteiger partial charge is 0.338 e. The number of anilines is 1. The fourth-order valence-electron chi connectivity index (χ4n) is 4.81. The number of rotatable bonds is 7. The molecule has 5 rings (SSSR count). The van der Waals surface area contributed by atoms with E-state index in [1.807, 2.05) is 41.3 Å². The molecular formula is C27H32N6O2S. The zero-order valence-electron chi connectivity index (χ0n) is 20.3. The average Bonchev–Trinajstić information content (AvgIpc) is 3.60. The molecule has 8 nitrogen and oxygen atoms in total. The Bertz CT molecular complexity index is 1210. The Morgan fingerprint density at radius 1 is 1.14 bits per heavy atom. The predicted molar refractivity (Wildman–Crippen MR) is 142 cm³/mol. The first kappa shape index (κ1) is 24.2. The number of allylic oxidation sites excluding steroid dienone is 1. The maximum absolute atomic E-state index is 12.7. The first-order valence-corrected chi connectivity index (χ1v) is 13.6. The number of amides is 3. The highest BCUT2D eigenvalue weighted by Gasteiger charge is 2.26. The summed E-state index contributed by atoms with van der Waals surface area (Å²) in [5.74, 6) is 0.462. The van der Waals surface area contributed by atoms with Gasteiger partial charge in [0.05, 0.1) is 10.7 Å². The monoisotopic (exact) mass is 504 g/mol. The minimum atomic E-state index is -0.270. The molecule has 0 saturated carbocycles.